The first-order chi connectivity index (χ1) is 17.2. The number of ether oxygens (including phenoxy) is 1. The molecule has 0 amide bonds. The van der Waals surface area contributed by atoms with Gasteiger partial charge in [-0.25, -0.2) is 9.97 Å². The molecule has 5 unspecified atom stereocenters. The largest absolute Gasteiger partial charge is 0.472 e. The van der Waals surface area contributed by atoms with Crippen molar-refractivity contribution in [2.24, 2.45) is 28.6 Å². The molecule has 2 aromatic rings. The normalized spacial score (nSPS) is 31.5. The fourth-order valence-electron chi connectivity index (χ4n) is 7.73. The first kappa shape index (κ1) is 25.0. The highest BCUT2D eigenvalue weighted by atomic mass is 16.5. The van der Waals surface area contributed by atoms with Gasteiger partial charge in [0.2, 0.25) is 5.88 Å². The Morgan fingerprint density at radius 1 is 1.19 bits per heavy atom. The lowest BCUT2D eigenvalue weighted by Crippen LogP contribution is -2.50. The summed E-state index contributed by atoms with van der Waals surface area (Å²) in [7, 11) is 0. The van der Waals surface area contributed by atoms with Crippen LogP contribution in [0.25, 0.3) is 11.0 Å². The zero-order valence-corrected chi connectivity index (χ0v) is 22.6. The quantitative estimate of drug-likeness (QED) is 0.371. The molecule has 2 fully saturated rings. The van der Waals surface area contributed by atoms with Crippen molar-refractivity contribution in [3.8, 4) is 5.88 Å². The average Bonchev–Trinajstić information content (AvgIpc) is 2.85. The third-order valence-electron chi connectivity index (χ3n) is 9.52. The minimum Gasteiger partial charge on any atom is -0.472 e. The van der Waals surface area contributed by atoms with E-state index in [1.807, 2.05) is 6.07 Å². The topological polar surface area (TPSA) is 35.0 Å². The van der Waals surface area contributed by atoms with Crippen LogP contribution in [0.2, 0.25) is 0 Å². The Balaban J connectivity index is 1.28. The number of hydrogen-bond donors (Lipinski definition) is 0. The molecule has 5 rings (SSSR count). The number of aromatic nitrogens is 2. The molecule has 1 aromatic carbocycles. The summed E-state index contributed by atoms with van der Waals surface area (Å²) in [6, 6.07) is 6.13. The van der Waals surface area contributed by atoms with Gasteiger partial charge in [0, 0.05) is 5.41 Å². The van der Waals surface area contributed by atoms with E-state index in [2.05, 4.69) is 81.2 Å². The second kappa shape index (κ2) is 9.65. The number of aryl methyl sites for hydroxylation is 1. The Bertz CT molecular complexity index is 1240. The van der Waals surface area contributed by atoms with Crippen molar-refractivity contribution < 1.29 is 4.74 Å². The number of allylic oxidation sites excluding steroid dienone is 5. The minimum atomic E-state index is 0.199. The SMILES string of the molecule is C=C1C=CC2(C)C(=C1)CCC1C(CCC)C(C)(CC(=C)COc3cnc4cc(C)ccc4n3)CCC12. The molecule has 0 bridgehead atoms. The molecule has 3 heteroatoms. The standard InChI is InChI=1S/C33H42N2O/c1-7-8-27-26-11-10-25-17-23(3)13-16-33(25,6)28(26)14-15-32(27,5)19-24(4)21-36-31-20-34-30-18-22(2)9-12-29(30)35-31/h9,12-13,16-18,20,26-28H,3-4,7-8,10-11,14-15,19,21H2,1-2,5-6H3. The van der Waals surface area contributed by atoms with Crippen LogP contribution in [0.15, 0.2) is 72.5 Å². The van der Waals surface area contributed by atoms with Crippen LogP contribution >= 0.6 is 0 Å². The van der Waals surface area contributed by atoms with Gasteiger partial charge in [-0.3, -0.25) is 0 Å². The lowest BCUT2D eigenvalue weighted by atomic mass is 9.46. The molecule has 0 saturated heterocycles. The number of rotatable bonds is 7. The lowest BCUT2D eigenvalue weighted by Gasteiger charge is -2.58. The highest BCUT2D eigenvalue weighted by Gasteiger charge is 2.53. The molecule has 3 aliphatic rings. The summed E-state index contributed by atoms with van der Waals surface area (Å²) in [5.74, 6) is 2.80. The number of hydrogen-bond acceptors (Lipinski definition) is 3. The number of nitrogens with zero attached hydrogens (tertiary/aromatic N) is 2. The zero-order valence-electron chi connectivity index (χ0n) is 22.6. The van der Waals surface area contributed by atoms with E-state index in [0.29, 0.717) is 12.5 Å². The van der Waals surface area contributed by atoms with Crippen LogP contribution in [0.1, 0.15) is 71.3 Å². The van der Waals surface area contributed by atoms with Gasteiger partial charge in [-0.2, -0.15) is 0 Å². The lowest BCUT2D eigenvalue weighted by molar-refractivity contribution is -0.0387. The van der Waals surface area contributed by atoms with E-state index < -0.39 is 0 Å². The van der Waals surface area contributed by atoms with Crippen molar-refractivity contribution in [3.63, 3.8) is 0 Å². The summed E-state index contributed by atoms with van der Waals surface area (Å²) in [4.78, 5) is 9.20. The maximum absolute atomic E-state index is 6.09. The Labute approximate surface area is 217 Å². The van der Waals surface area contributed by atoms with Crippen LogP contribution in [-0.4, -0.2) is 16.6 Å². The van der Waals surface area contributed by atoms with Crippen LogP contribution in [0, 0.1) is 35.5 Å². The summed E-state index contributed by atoms with van der Waals surface area (Å²) >= 11 is 0. The monoisotopic (exact) mass is 482 g/mol. The molecule has 1 aromatic heterocycles. The van der Waals surface area contributed by atoms with E-state index >= 15 is 0 Å². The zero-order chi connectivity index (χ0) is 25.5. The van der Waals surface area contributed by atoms with Gasteiger partial charge in [-0.1, -0.05) is 70.2 Å². The van der Waals surface area contributed by atoms with Gasteiger partial charge in [0.15, 0.2) is 0 Å². The Hall–Kier alpha value is -2.68. The van der Waals surface area contributed by atoms with E-state index in [4.69, 9.17) is 4.74 Å². The molecule has 2 saturated carbocycles. The molecule has 0 radical (unpaired) electrons. The van der Waals surface area contributed by atoms with E-state index in [1.165, 1.54) is 49.7 Å². The maximum Gasteiger partial charge on any atom is 0.233 e. The van der Waals surface area contributed by atoms with Gasteiger partial charge in [0.25, 0.3) is 0 Å². The Morgan fingerprint density at radius 2 is 2.03 bits per heavy atom. The van der Waals surface area contributed by atoms with Gasteiger partial charge in [-0.15, -0.1) is 0 Å². The van der Waals surface area contributed by atoms with Crippen LogP contribution in [0.4, 0.5) is 0 Å². The summed E-state index contributed by atoms with van der Waals surface area (Å²) in [5, 5.41) is 0. The smallest absolute Gasteiger partial charge is 0.233 e. The molecule has 0 N–H and O–H groups in total. The van der Waals surface area contributed by atoms with E-state index in [-0.39, 0.29) is 10.8 Å². The summed E-state index contributed by atoms with van der Waals surface area (Å²) < 4.78 is 6.09. The van der Waals surface area contributed by atoms with Crippen molar-refractivity contribution >= 4 is 11.0 Å². The van der Waals surface area contributed by atoms with Gasteiger partial charge in [0.1, 0.15) is 6.61 Å². The van der Waals surface area contributed by atoms with Gasteiger partial charge < -0.3 is 4.74 Å². The average molecular weight is 483 g/mol. The highest BCUT2D eigenvalue weighted by Crippen LogP contribution is 2.62. The third kappa shape index (κ3) is 4.58. The fraction of sp³-hybridized carbons (Fsp3) is 0.515. The van der Waals surface area contributed by atoms with Crippen LogP contribution in [0.5, 0.6) is 5.88 Å². The van der Waals surface area contributed by atoms with E-state index in [1.54, 1.807) is 11.8 Å². The molecular formula is C33H42N2O. The van der Waals surface area contributed by atoms with Gasteiger partial charge in [-0.05, 0) is 97.5 Å². The predicted molar refractivity (Wildman–Crippen MR) is 150 cm³/mol. The van der Waals surface area contributed by atoms with Crippen LogP contribution in [0.3, 0.4) is 0 Å². The molecule has 0 aliphatic heterocycles. The molecule has 0 spiro atoms. The fourth-order valence-corrected chi connectivity index (χ4v) is 7.73. The van der Waals surface area contributed by atoms with Crippen LogP contribution < -0.4 is 4.74 Å². The summed E-state index contributed by atoms with van der Waals surface area (Å²) in [5.41, 5.74) is 7.37. The molecule has 1 heterocycles. The Kier molecular flexibility index (Phi) is 6.70. The third-order valence-corrected chi connectivity index (χ3v) is 9.52. The molecule has 3 nitrogen and oxygen atoms in total. The Morgan fingerprint density at radius 3 is 2.83 bits per heavy atom. The first-order valence-electron chi connectivity index (χ1n) is 13.8. The number of fused-ring (bicyclic) bond motifs is 4. The maximum atomic E-state index is 6.09. The van der Waals surface area contributed by atoms with E-state index in [9.17, 15) is 0 Å². The molecule has 5 atom stereocenters. The highest BCUT2D eigenvalue weighted by molar-refractivity contribution is 5.75. The van der Waals surface area contributed by atoms with Crippen molar-refractivity contribution in [1.29, 1.82) is 0 Å². The van der Waals surface area contributed by atoms with E-state index in [0.717, 1.165) is 40.8 Å². The van der Waals surface area contributed by atoms with Crippen molar-refractivity contribution in [2.45, 2.75) is 72.6 Å². The first-order valence-corrected chi connectivity index (χ1v) is 13.8. The second-order valence-corrected chi connectivity index (χ2v) is 12.2. The summed E-state index contributed by atoms with van der Waals surface area (Å²) in [6.07, 6.45) is 17.5. The van der Waals surface area contributed by atoms with Crippen molar-refractivity contribution in [3.05, 3.63) is 78.1 Å². The van der Waals surface area contributed by atoms with Crippen LogP contribution in [-0.2, 0) is 0 Å². The van der Waals surface area contributed by atoms with Crippen molar-refractivity contribution in [1.82, 2.24) is 9.97 Å². The number of benzene rings is 1. The molecule has 190 valence electrons. The van der Waals surface area contributed by atoms with Crippen molar-refractivity contribution in [2.75, 3.05) is 6.61 Å². The predicted octanol–water partition coefficient (Wildman–Crippen LogP) is 8.56. The molecular weight excluding hydrogens is 440 g/mol. The second-order valence-electron chi connectivity index (χ2n) is 12.2. The van der Waals surface area contributed by atoms with Gasteiger partial charge >= 0.3 is 0 Å². The summed E-state index contributed by atoms with van der Waals surface area (Å²) in [6.45, 7) is 18.6. The minimum absolute atomic E-state index is 0.199. The van der Waals surface area contributed by atoms with Gasteiger partial charge in [0.05, 0.1) is 17.2 Å². The molecule has 3 aliphatic carbocycles. The molecule has 36 heavy (non-hydrogen) atoms.